The lowest BCUT2D eigenvalue weighted by Crippen LogP contribution is -2.42. The highest BCUT2D eigenvalue weighted by molar-refractivity contribution is 5.95. The van der Waals surface area contributed by atoms with Gasteiger partial charge in [0, 0.05) is 29.7 Å². The molecule has 1 aromatic carbocycles. The molecule has 3 N–H and O–H groups in total. The highest BCUT2D eigenvalue weighted by Gasteiger charge is 2.23. The lowest BCUT2D eigenvalue weighted by Gasteiger charge is -2.14. The number of aliphatic carboxylic acids is 1. The normalized spacial score (nSPS) is 12.0. The van der Waals surface area contributed by atoms with Crippen LogP contribution in [-0.2, 0) is 11.2 Å². The number of H-pyrrole nitrogens is 1. The molecule has 0 radical (unpaired) electrons. The van der Waals surface area contributed by atoms with Crippen LogP contribution in [0.15, 0.2) is 48.8 Å². The van der Waals surface area contributed by atoms with Crippen LogP contribution in [0.2, 0.25) is 0 Å². The molecular formula is C17H14FN3O3. The van der Waals surface area contributed by atoms with Gasteiger partial charge in [-0.1, -0.05) is 12.1 Å². The van der Waals surface area contributed by atoms with E-state index >= 15 is 0 Å². The Morgan fingerprint density at radius 3 is 2.79 bits per heavy atom. The molecular weight excluding hydrogens is 313 g/mol. The van der Waals surface area contributed by atoms with Crippen molar-refractivity contribution >= 4 is 22.8 Å². The number of carbonyl (C=O) groups is 2. The molecule has 0 spiro atoms. The number of hydrogen-bond acceptors (Lipinski definition) is 3. The number of hydrogen-bond donors (Lipinski definition) is 3. The lowest BCUT2D eigenvalue weighted by atomic mass is 10.0. The van der Waals surface area contributed by atoms with Crippen molar-refractivity contribution in [2.75, 3.05) is 0 Å². The van der Waals surface area contributed by atoms with E-state index in [1.165, 1.54) is 18.3 Å². The van der Waals surface area contributed by atoms with Gasteiger partial charge in [0.15, 0.2) is 0 Å². The second kappa shape index (κ2) is 6.49. The number of carbonyl (C=O) groups excluding carboxylic acids is 1. The maximum absolute atomic E-state index is 14.0. The number of fused-ring (bicyclic) bond motifs is 1. The zero-order valence-electron chi connectivity index (χ0n) is 12.5. The van der Waals surface area contributed by atoms with E-state index in [0.717, 1.165) is 0 Å². The summed E-state index contributed by atoms with van der Waals surface area (Å²) < 4.78 is 14.0. The van der Waals surface area contributed by atoms with Crippen LogP contribution in [0.4, 0.5) is 4.39 Å². The molecule has 0 fully saturated rings. The van der Waals surface area contributed by atoms with Gasteiger partial charge in [0.2, 0.25) is 0 Å². The minimum absolute atomic E-state index is 0.0468. The average molecular weight is 327 g/mol. The monoisotopic (exact) mass is 327 g/mol. The van der Waals surface area contributed by atoms with Gasteiger partial charge >= 0.3 is 5.97 Å². The smallest absolute Gasteiger partial charge is 0.326 e. The fourth-order valence-corrected chi connectivity index (χ4v) is 2.52. The molecule has 1 atom stereocenters. The first-order valence-corrected chi connectivity index (χ1v) is 7.25. The van der Waals surface area contributed by atoms with Gasteiger partial charge in [0.1, 0.15) is 17.6 Å². The van der Waals surface area contributed by atoms with Crippen LogP contribution in [0.25, 0.3) is 10.9 Å². The number of amides is 1. The molecule has 0 bridgehead atoms. The maximum atomic E-state index is 14.0. The first-order chi connectivity index (χ1) is 11.6. The molecule has 122 valence electrons. The third-order valence-corrected chi connectivity index (χ3v) is 3.66. The third kappa shape index (κ3) is 3.10. The SMILES string of the molecule is O=C(NC(Cc1c[nH]c2cccc(F)c12)C(=O)O)c1ccccn1. The van der Waals surface area contributed by atoms with E-state index in [-0.39, 0.29) is 12.1 Å². The first-order valence-electron chi connectivity index (χ1n) is 7.25. The van der Waals surface area contributed by atoms with Crippen LogP contribution in [0, 0.1) is 5.82 Å². The fraction of sp³-hybridized carbons (Fsp3) is 0.118. The van der Waals surface area contributed by atoms with Crippen molar-refractivity contribution in [2.24, 2.45) is 0 Å². The van der Waals surface area contributed by atoms with Crippen molar-refractivity contribution in [3.05, 3.63) is 65.9 Å². The summed E-state index contributed by atoms with van der Waals surface area (Å²) in [5.41, 5.74) is 1.18. The predicted octanol–water partition coefficient (Wildman–Crippen LogP) is 2.13. The Morgan fingerprint density at radius 1 is 1.25 bits per heavy atom. The third-order valence-electron chi connectivity index (χ3n) is 3.66. The Morgan fingerprint density at radius 2 is 2.08 bits per heavy atom. The predicted molar refractivity (Wildman–Crippen MR) is 85.1 cm³/mol. The van der Waals surface area contributed by atoms with Gasteiger partial charge in [-0.15, -0.1) is 0 Å². The van der Waals surface area contributed by atoms with Crippen LogP contribution in [0.1, 0.15) is 16.1 Å². The molecule has 2 aromatic heterocycles. The van der Waals surface area contributed by atoms with Gasteiger partial charge in [0.05, 0.1) is 0 Å². The van der Waals surface area contributed by atoms with Crippen molar-refractivity contribution in [3.8, 4) is 0 Å². The summed E-state index contributed by atoms with van der Waals surface area (Å²) >= 11 is 0. The number of carboxylic acid groups (broad SMARTS) is 1. The molecule has 1 amide bonds. The van der Waals surface area contributed by atoms with Crippen molar-refractivity contribution in [3.63, 3.8) is 0 Å². The molecule has 0 aliphatic carbocycles. The largest absolute Gasteiger partial charge is 0.480 e. The number of pyridine rings is 1. The van der Waals surface area contributed by atoms with Gasteiger partial charge in [0.25, 0.3) is 5.91 Å². The summed E-state index contributed by atoms with van der Waals surface area (Å²) in [6.45, 7) is 0. The van der Waals surface area contributed by atoms with Gasteiger partial charge in [-0.25, -0.2) is 9.18 Å². The van der Waals surface area contributed by atoms with E-state index in [4.69, 9.17) is 0 Å². The number of benzene rings is 1. The Bertz CT molecular complexity index is 892. The topological polar surface area (TPSA) is 95.1 Å². The van der Waals surface area contributed by atoms with E-state index in [9.17, 15) is 19.1 Å². The summed E-state index contributed by atoms with van der Waals surface area (Å²) in [6, 6.07) is 8.15. The van der Waals surface area contributed by atoms with Crippen LogP contribution in [0.5, 0.6) is 0 Å². The summed E-state index contributed by atoms with van der Waals surface area (Å²) in [6.07, 6.45) is 2.95. The molecule has 0 aliphatic heterocycles. The molecule has 3 aromatic rings. The number of aromatic amines is 1. The molecule has 1 unspecified atom stereocenters. The summed E-state index contributed by atoms with van der Waals surface area (Å²) in [7, 11) is 0. The number of aromatic nitrogens is 2. The van der Waals surface area contributed by atoms with Gasteiger partial charge in [-0.2, -0.15) is 0 Å². The second-order valence-corrected chi connectivity index (χ2v) is 5.26. The van der Waals surface area contributed by atoms with Crippen molar-refractivity contribution < 1.29 is 19.1 Å². The minimum Gasteiger partial charge on any atom is -0.480 e. The van der Waals surface area contributed by atoms with Gasteiger partial charge < -0.3 is 15.4 Å². The fourth-order valence-electron chi connectivity index (χ4n) is 2.52. The number of nitrogens with zero attached hydrogens (tertiary/aromatic N) is 1. The van der Waals surface area contributed by atoms with Crippen LogP contribution >= 0.6 is 0 Å². The molecule has 3 rings (SSSR count). The second-order valence-electron chi connectivity index (χ2n) is 5.26. The highest BCUT2D eigenvalue weighted by Crippen LogP contribution is 2.22. The molecule has 7 heteroatoms. The molecule has 6 nitrogen and oxygen atoms in total. The standard InChI is InChI=1S/C17H14FN3O3/c18-11-4-3-6-12-15(11)10(9-20-12)8-14(17(23)24)21-16(22)13-5-1-2-7-19-13/h1-7,9,14,20H,8H2,(H,21,22)(H,23,24). The average Bonchev–Trinajstić information content (AvgIpc) is 2.99. The van der Waals surface area contributed by atoms with Crippen molar-refractivity contribution in [1.82, 2.24) is 15.3 Å². The highest BCUT2D eigenvalue weighted by atomic mass is 19.1. The number of halogens is 1. The van der Waals surface area contributed by atoms with E-state index in [1.807, 2.05) is 0 Å². The Hall–Kier alpha value is -3.22. The Balaban J connectivity index is 1.84. The van der Waals surface area contributed by atoms with E-state index in [2.05, 4.69) is 15.3 Å². The first kappa shape index (κ1) is 15.7. The van der Waals surface area contributed by atoms with E-state index in [1.54, 1.807) is 30.5 Å². The molecule has 0 saturated carbocycles. The van der Waals surface area contributed by atoms with Crippen LogP contribution in [0.3, 0.4) is 0 Å². The minimum atomic E-state index is -1.20. The van der Waals surface area contributed by atoms with E-state index in [0.29, 0.717) is 16.5 Å². The maximum Gasteiger partial charge on any atom is 0.326 e. The molecule has 2 heterocycles. The number of nitrogens with one attached hydrogen (secondary N) is 2. The van der Waals surface area contributed by atoms with Gasteiger partial charge in [-0.3, -0.25) is 9.78 Å². The molecule has 0 saturated heterocycles. The number of carboxylic acids is 1. The summed E-state index contributed by atoms with van der Waals surface area (Å²) in [5, 5.41) is 12.1. The lowest BCUT2D eigenvalue weighted by molar-refractivity contribution is -0.139. The number of rotatable bonds is 5. The van der Waals surface area contributed by atoms with Crippen LogP contribution in [-0.4, -0.2) is 33.0 Å². The van der Waals surface area contributed by atoms with Crippen molar-refractivity contribution in [1.29, 1.82) is 0 Å². The molecule has 0 aliphatic rings. The van der Waals surface area contributed by atoms with Crippen LogP contribution < -0.4 is 5.32 Å². The quantitative estimate of drug-likeness (QED) is 0.669. The zero-order chi connectivity index (χ0) is 17.1. The zero-order valence-corrected chi connectivity index (χ0v) is 12.5. The van der Waals surface area contributed by atoms with E-state index < -0.39 is 23.7 Å². The Labute approximate surface area is 136 Å². The molecule has 24 heavy (non-hydrogen) atoms. The van der Waals surface area contributed by atoms with Gasteiger partial charge in [-0.05, 0) is 29.8 Å². The van der Waals surface area contributed by atoms with Crippen molar-refractivity contribution in [2.45, 2.75) is 12.5 Å². The summed E-state index contributed by atoms with van der Waals surface area (Å²) in [4.78, 5) is 30.4. The summed E-state index contributed by atoms with van der Waals surface area (Å²) in [5.74, 6) is -2.24. The Kier molecular flexibility index (Phi) is 4.24.